The van der Waals surface area contributed by atoms with Crippen LogP contribution in [-0.2, 0) is 5.41 Å². The first-order valence-electron chi connectivity index (χ1n) is 16.2. The highest BCUT2D eigenvalue weighted by molar-refractivity contribution is 5.91. The van der Waals surface area contributed by atoms with Crippen molar-refractivity contribution in [1.29, 1.82) is 0 Å². The lowest BCUT2D eigenvalue weighted by atomic mass is 9.67. The van der Waals surface area contributed by atoms with Crippen molar-refractivity contribution in [2.75, 3.05) is 0 Å². The van der Waals surface area contributed by atoms with Gasteiger partial charge in [0.2, 0.25) is 0 Å². The van der Waals surface area contributed by atoms with E-state index in [4.69, 9.17) is 0 Å². The molecule has 0 amide bonds. The van der Waals surface area contributed by atoms with Crippen molar-refractivity contribution < 1.29 is 0 Å². The molecule has 7 rings (SSSR count). The molecule has 6 aromatic rings. The Balaban J connectivity index is 1.60. The topological polar surface area (TPSA) is 0 Å². The molecule has 6 aromatic carbocycles. The van der Waals surface area contributed by atoms with Gasteiger partial charge in [-0.05, 0) is 145 Å². The van der Waals surface area contributed by atoms with Gasteiger partial charge in [-0.15, -0.1) is 0 Å². The summed E-state index contributed by atoms with van der Waals surface area (Å²) >= 11 is 0. The molecule has 0 atom stereocenters. The van der Waals surface area contributed by atoms with Crippen LogP contribution in [0.3, 0.4) is 0 Å². The predicted octanol–water partition coefficient (Wildman–Crippen LogP) is 11.9. The fourth-order valence-corrected chi connectivity index (χ4v) is 8.30. The van der Waals surface area contributed by atoms with E-state index >= 15 is 0 Å². The van der Waals surface area contributed by atoms with Crippen LogP contribution in [0.2, 0.25) is 0 Å². The van der Waals surface area contributed by atoms with E-state index < -0.39 is 5.41 Å². The summed E-state index contributed by atoms with van der Waals surface area (Å²) in [5, 5.41) is 0. The van der Waals surface area contributed by atoms with Gasteiger partial charge in [0.05, 0.1) is 5.41 Å². The first kappa shape index (κ1) is 29.1. The second-order valence-electron chi connectivity index (χ2n) is 13.6. The van der Waals surface area contributed by atoms with Crippen molar-refractivity contribution in [2.45, 2.75) is 60.8 Å². The highest BCUT2D eigenvalue weighted by Crippen LogP contribution is 2.57. The molecule has 1 aliphatic rings. The summed E-state index contributed by atoms with van der Waals surface area (Å²) in [7, 11) is 0. The highest BCUT2D eigenvalue weighted by Gasteiger charge is 2.46. The minimum Gasteiger partial charge on any atom is -0.0590 e. The van der Waals surface area contributed by atoms with Crippen LogP contribution in [0.5, 0.6) is 0 Å². The molecule has 0 heterocycles. The van der Waals surface area contributed by atoms with Crippen LogP contribution in [-0.4, -0.2) is 0 Å². The van der Waals surface area contributed by atoms with Crippen LogP contribution in [0.1, 0.15) is 66.8 Å². The summed E-state index contributed by atoms with van der Waals surface area (Å²) in [4.78, 5) is 0. The van der Waals surface area contributed by atoms with E-state index in [2.05, 4.69) is 165 Å². The zero-order valence-corrected chi connectivity index (χ0v) is 27.9. The molecule has 0 aliphatic heterocycles. The fraction of sp³-hybridized carbons (Fsp3) is 0.200. The summed E-state index contributed by atoms with van der Waals surface area (Å²) in [6, 6.07) is 42.3. The molecule has 0 bridgehead atoms. The van der Waals surface area contributed by atoms with Crippen LogP contribution in [0.15, 0.2) is 109 Å². The Morgan fingerprint density at radius 3 is 1.00 bits per heavy atom. The lowest BCUT2D eigenvalue weighted by molar-refractivity contribution is 0.768. The maximum atomic E-state index is 2.50. The molecule has 1 aliphatic carbocycles. The minimum atomic E-state index is -0.461. The third-order valence-corrected chi connectivity index (χ3v) is 10.0. The van der Waals surface area contributed by atoms with E-state index in [9.17, 15) is 0 Å². The fourth-order valence-electron chi connectivity index (χ4n) is 8.30. The maximum absolute atomic E-state index is 2.50. The first-order chi connectivity index (χ1) is 21.6. The molecular weight excluding hydrogens is 540 g/mol. The number of aryl methyl sites for hydroxylation is 8. The van der Waals surface area contributed by atoms with Crippen LogP contribution in [0.4, 0.5) is 0 Å². The second kappa shape index (κ2) is 10.7. The van der Waals surface area contributed by atoms with Gasteiger partial charge in [-0.2, -0.15) is 0 Å². The summed E-state index contributed by atoms with van der Waals surface area (Å²) in [6.07, 6.45) is 0. The van der Waals surface area contributed by atoms with Gasteiger partial charge in [-0.3, -0.25) is 0 Å². The predicted molar refractivity (Wildman–Crippen MR) is 193 cm³/mol. The van der Waals surface area contributed by atoms with Gasteiger partial charge in [0, 0.05) is 0 Å². The zero-order chi connectivity index (χ0) is 31.6. The first-order valence-corrected chi connectivity index (χ1v) is 16.2. The van der Waals surface area contributed by atoms with E-state index in [1.165, 1.54) is 100 Å². The van der Waals surface area contributed by atoms with E-state index in [0.29, 0.717) is 0 Å². The molecule has 0 heteroatoms. The van der Waals surface area contributed by atoms with Crippen molar-refractivity contribution in [3.63, 3.8) is 0 Å². The lowest BCUT2D eigenvalue weighted by Crippen LogP contribution is -2.28. The lowest BCUT2D eigenvalue weighted by Gasteiger charge is -2.34. The van der Waals surface area contributed by atoms with E-state index in [0.717, 1.165) is 0 Å². The number of hydrogen-bond acceptors (Lipinski definition) is 0. The molecule has 0 spiro atoms. The van der Waals surface area contributed by atoms with Crippen LogP contribution in [0.25, 0.3) is 33.4 Å². The summed E-state index contributed by atoms with van der Waals surface area (Å²) in [5.74, 6) is 0. The Labute approximate surface area is 269 Å². The molecule has 0 radical (unpaired) electrons. The van der Waals surface area contributed by atoms with Crippen molar-refractivity contribution in [3.05, 3.63) is 176 Å². The van der Waals surface area contributed by atoms with Crippen molar-refractivity contribution in [1.82, 2.24) is 0 Å². The van der Waals surface area contributed by atoms with E-state index in [-0.39, 0.29) is 0 Å². The Morgan fingerprint density at radius 1 is 0.333 bits per heavy atom. The molecule has 45 heavy (non-hydrogen) atoms. The van der Waals surface area contributed by atoms with Crippen molar-refractivity contribution in [3.8, 4) is 33.4 Å². The van der Waals surface area contributed by atoms with Crippen molar-refractivity contribution >= 4 is 0 Å². The van der Waals surface area contributed by atoms with Gasteiger partial charge < -0.3 is 0 Å². The normalized spacial score (nSPS) is 13.1. The minimum absolute atomic E-state index is 0.461. The Hall–Kier alpha value is -4.68. The van der Waals surface area contributed by atoms with Crippen LogP contribution >= 0.6 is 0 Å². The smallest absolute Gasteiger partial charge is 0.0590 e. The van der Waals surface area contributed by atoms with Gasteiger partial charge in [0.15, 0.2) is 0 Å². The largest absolute Gasteiger partial charge is 0.0714 e. The average Bonchev–Trinajstić information content (AvgIpc) is 3.27. The van der Waals surface area contributed by atoms with Gasteiger partial charge >= 0.3 is 0 Å². The number of rotatable bonds is 4. The molecule has 0 saturated heterocycles. The molecule has 0 N–H and O–H groups in total. The van der Waals surface area contributed by atoms with Gasteiger partial charge in [0.1, 0.15) is 0 Å². The Kier molecular flexibility index (Phi) is 6.93. The number of fused-ring (bicyclic) bond motifs is 3. The molecule has 0 saturated carbocycles. The SMILES string of the molecule is Cc1ccc(C2(c3ccc(C)cc3)c3cc(-c4c(C)cc(C)cc4C)ccc3-c3ccc(-c4c(C)cc(C)cc4C)cc32)cc1. The monoisotopic (exact) mass is 582 g/mol. The summed E-state index contributed by atoms with van der Waals surface area (Å²) in [6.45, 7) is 17.8. The molecule has 0 nitrogen and oxygen atoms in total. The standard InChI is InChI=1S/C45H42/c1-27-9-15-37(16-10-27)45(38-17-11-28(2)12-18-38)41-25-35(43-31(5)21-29(3)22-32(43)6)13-19-39(41)40-20-14-36(26-42(40)45)44-33(7)23-30(4)24-34(44)8/h9-26H,1-8H3. The Bertz CT molecular complexity index is 1900. The van der Waals surface area contributed by atoms with E-state index in [1.807, 2.05) is 0 Å². The maximum Gasteiger partial charge on any atom is 0.0714 e. The molecule has 0 unspecified atom stereocenters. The van der Waals surface area contributed by atoms with Crippen LogP contribution in [0, 0.1) is 55.4 Å². The quantitative estimate of drug-likeness (QED) is 0.194. The number of benzene rings is 6. The van der Waals surface area contributed by atoms with Gasteiger partial charge in [-0.1, -0.05) is 119 Å². The summed E-state index contributed by atoms with van der Waals surface area (Å²) < 4.78 is 0. The van der Waals surface area contributed by atoms with Crippen LogP contribution < -0.4 is 0 Å². The van der Waals surface area contributed by atoms with Gasteiger partial charge in [0.25, 0.3) is 0 Å². The molecular formula is C45H42. The second-order valence-corrected chi connectivity index (χ2v) is 13.6. The highest BCUT2D eigenvalue weighted by atomic mass is 14.5. The summed E-state index contributed by atoms with van der Waals surface area (Å²) in [5.41, 5.74) is 23.2. The molecule has 0 aromatic heterocycles. The zero-order valence-electron chi connectivity index (χ0n) is 27.9. The van der Waals surface area contributed by atoms with Gasteiger partial charge in [-0.25, -0.2) is 0 Å². The van der Waals surface area contributed by atoms with Crippen molar-refractivity contribution in [2.24, 2.45) is 0 Å². The third kappa shape index (κ3) is 4.58. The number of hydrogen-bond donors (Lipinski definition) is 0. The third-order valence-electron chi connectivity index (χ3n) is 10.0. The van der Waals surface area contributed by atoms with E-state index in [1.54, 1.807) is 0 Å². The average molecular weight is 583 g/mol. The molecule has 222 valence electrons. The Morgan fingerprint density at radius 2 is 0.667 bits per heavy atom. The molecule has 0 fully saturated rings.